The first-order valence-electron chi connectivity index (χ1n) is 7.82. The Morgan fingerprint density at radius 1 is 1.18 bits per heavy atom. The second kappa shape index (κ2) is 5.01. The van der Waals surface area contributed by atoms with Crippen LogP contribution in [0.25, 0.3) is 0 Å². The number of aliphatic hydroxyl groups excluding tert-OH is 1. The van der Waals surface area contributed by atoms with Crippen LogP contribution < -0.4 is 0 Å². The molecule has 0 unspecified atom stereocenters. The Labute approximate surface area is 130 Å². The van der Waals surface area contributed by atoms with E-state index in [-0.39, 0.29) is 12.2 Å². The van der Waals surface area contributed by atoms with Gasteiger partial charge in [-0.05, 0) is 43.4 Å². The number of aliphatic hydroxyl groups is 1. The Bertz CT molecular complexity index is 584. The van der Waals surface area contributed by atoms with Crippen LogP contribution in [-0.4, -0.2) is 42.6 Å². The summed E-state index contributed by atoms with van der Waals surface area (Å²) in [5, 5.41) is 10.8. The van der Waals surface area contributed by atoms with Crippen molar-refractivity contribution in [1.29, 1.82) is 0 Å². The minimum Gasteiger partial charge on any atom is -0.386 e. The van der Waals surface area contributed by atoms with Crippen LogP contribution in [0, 0.1) is 0 Å². The fourth-order valence-corrected chi connectivity index (χ4v) is 3.62. The number of rotatable bonds is 3. The molecule has 120 valence electrons. The molecule has 22 heavy (non-hydrogen) atoms. The Morgan fingerprint density at radius 3 is 2.55 bits per heavy atom. The lowest BCUT2D eigenvalue weighted by Gasteiger charge is -2.27. The zero-order valence-electron chi connectivity index (χ0n) is 13.1. The largest absolute Gasteiger partial charge is 0.386 e. The predicted octanol–water partition coefficient (Wildman–Crippen LogP) is 1.71. The van der Waals surface area contributed by atoms with Crippen LogP contribution >= 0.6 is 0 Å². The molecule has 2 aliphatic heterocycles. The van der Waals surface area contributed by atoms with Crippen molar-refractivity contribution in [1.82, 2.24) is 0 Å². The minimum absolute atomic E-state index is 0.314. The first-order chi connectivity index (χ1) is 10.5. The van der Waals surface area contributed by atoms with Gasteiger partial charge < -0.3 is 24.1 Å². The van der Waals surface area contributed by atoms with Crippen LogP contribution in [0.1, 0.15) is 36.6 Å². The van der Waals surface area contributed by atoms with Gasteiger partial charge >= 0.3 is 0 Å². The molecule has 3 aliphatic rings. The molecule has 1 aromatic rings. The number of hydrogen-bond donors (Lipinski definition) is 1. The molecular formula is C17H22O5. The number of aryl methyl sites for hydroxylation is 2. The van der Waals surface area contributed by atoms with E-state index < -0.39 is 24.3 Å². The monoisotopic (exact) mass is 306 g/mol. The Hall–Kier alpha value is -0.980. The van der Waals surface area contributed by atoms with E-state index in [2.05, 4.69) is 12.1 Å². The van der Waals surface area contributed by atoms with Gasteiger partial charge in [0.15, 0.2) is 12.1 Å². The van der Waals surface area contributed by atoms with Gasteiger partial charge in [-0.1, -0.05) is 18.2 Å². The van der Waals surface area contributed by atoms with Crippen molar-refractivity contribution in [2.75, 3.05) is 7.11 Å². The average Bonchev–Trinajstić information content (AvgIpc) is 2.92. The molecule has 0 spiro atoms. The maximum atomic E-state index is 10.8. The summed E-state index contributed by atoms with van der Waals surface area (Å²) in [5.74, 6) is -0.686. The number of methoxy groups -OCH3 is 1. The van der Waals surface area contributed by atoms with Gasteiger partial charge in [-0.3, -0.25) is 0 Å². The lowest BCUT2D eigenvalue weighted by Crippen LogP contribution is -2.34. The highest BCUT2D eigenvalue weighted by atomic mass is 16.8. The normalized spacial score (nSPS) is 36.5. The van der Waals surface area contributed by atoms with E-state index in [1.54, 1.807) is 7.11 Å². The number of ether oxygens (including phenoxy) is 4. The lowest BCUT2D eigenvalue weighted by atomic mass is 9.85. The first kappa shape index (κ1) is 14.6. The van der Waals surface area contributed by atoms with Crippen LogP contribution in [0.15, 0.2) is 18.2 Å². The molecule has 0 aromatic heterocycles. The molecule has 4 rings (SSSR count). The second-order valence-electron chi connectivity index (χ2n) is 6.74. The third-order valence-electron chi connectivity index (χ3n) is 4.83. The van der Waals surface area contributed by atoms with Crippen LogP contribution in [0.3, 0.4) is 0 Å². The highest BCUT2D eigenvalue weighted by Gasteiger charge is 2.57. The Balaban J connectivity index is 1.59. The minimum atomic E-state index is -0.754. The topological polar surface area (TPSA) is 57.2 Å². The molecule has 1 aliphatic carbocycles. The van der Waals surface area contributed by atoms with Crippen LogP contribution in [0.4, 0.5) is 0 Å². The van der Waals surface area contributed by atoms with Gasteiger partial charge in [0.2, 0.25) is 0 Å². The summed E-state index contributed by atoms with van der Waals surface area (Å²) in [4.78, 5) is 0. The van der Waals surface area contributed by atoms with Crippen molar-refractivity contribution >= 4 is 0 Å². The van der Waals surface area contributed by atoms with Crippen molar-refractivity contribution in [3.63, 3.8) is 0 Å². The molecule has 1 aromatic carbocycles. The van der Waals surface area contributed by atoms with Gasteiger partial charge in [-0.15, -0.1) is 0 Å². The fourth-order valence-electron chi connectivity index (χ4n) is 3.62. The summed E-state index contributed by atoms with van der Waals surface area (Å²) in [6, 6.07) is 6.14. The van der Waals surface area contributed by atoms with Crippen molar-refractivity contribution in [3.05, 3.63) is 34.9 Å². The predicted molar refractivity (Wildman–Crippen MR) is 78.3 cm³/mol. The smallest absolute Gasteiger partial charge is 0.186 e. The average molecular weight is 306 g/mol. The second-order valence-corrected chi connectivity index (χ2v) is 6.74. The SMILES string of the molecule is CO[C@@H]1O[C@H]([C@@H](O)c2ccc3c(c2)CC3)[C@H]2OC(C)(C)O[C@@H]12. The molecule has 2 heterocycles. The summed E-state index contributed by atoms with van der Waals surface area (Å²) >= 11 is 0. The standard InChI is InChI=1S/C17H22O5/c1-17(2)21-14-13(20-16(19-3)15(14)22-17)12(18)11-7-5-9-4-6-10(9)8-11/h5,7-8,12-16,18H,4,6H2,1-3H3/t12-,13+,14+,15+,16+/m0/s1. The van der Waals surface area contributed by atoms with E-state index in [1.807, 2.05) is 19.9 Å². The summed E-state index contributed by atoms with van der Waals surface area (Å²) in [6.45, 7) is 3.74. The molecule has 1 N–H and O–H groups in total. The van der Waals surface area contributed by atoms with E-state index in [9.17, 15) is 5.11 Å². The zero-order valence-corrected chi connectivity index (χ0v) is 13.1. The summed E-state index contributed by atoms with van der Waals surface area (Å²) < 4.78 is 23.0. The van der Waals surface area contributed by atoms with E-state index in [1.165, 1.54) is 11.1 Å². The zero-order chi connectivity index (χ0) is 15.5. The van der Waals surface area contributed by atoms with Crippen LogP contribution in [0.5, 0.6) is 0 Å². The van der Waals surface area contributed by atoms with Gasteiger partial charge in [-0.25, -0.2) is 0 Å². The van der Waals surface area contributed by atoms with Gasteiger partial charge in [-0.2, -0.15) is 0 Å². The summed E-state index contributed by atoms with van der Waals surface area (Å²) in [7, 11) is 1.58. The van der Waals surface area contributed by atoms with Gasteiger partial charge in [0.1, 0.15) is 24.4 Å². The van der Waals surface area contributed by atoms with Crippen LogP contribution in [-0.2, 0) is 31.8 Å². The molecule has 5 atom stereocenters. The molecular weight excluding hydrogens is 284 g/mol. The molecule has 0 radical (unpaired) electrons. The van der Waals surface area contributed by atoms with Crippen molar-refractivity contribution < 1.29 is 24.1 Å². The van der Waals surface area contributed by atoms with E-state index >= 15 is 0 Å². The van der Waals surface area contributed by atoms with Gasteiger partial charge in [0.25, 0.3) is 0 Å². The molecule has 5 nitrogen and oxygen atoms in total. The van der Waals surface area contributed by atoms with Gasteiger partial charge in [0.05, 0.1) is 0 Å². The van der Waals surface area contributed by atoms with E-state index in [0.29, 0.717) is 0 Å². The summed E-state index contributed by atoms with van der Waals surface area (Å²) in [5.41, 5.74) is 3.56. The summed E-state index contributed by atoms with van der Waals surface area (Å²) in [6.07, 6.45) is -0.190. The molecule has 2 saturated heterocycles. The Morgan fingerprint density at radius 2 is 1.91 bits per heavy atom. The third-order valence-corrected chi connectivity index (χ3v) is 4.83. The molecule has 2 fully saturated rings. The molecule has 0 bridgehead atoms. The first-order valence-corrected chi connectivity index (χ1v) is 7.82. The quantitative estimate of drug-likeness (QED) is 0.921. The highest BCUT2D eigenvalue weighted by Crippen LogP contribution is 2.43. The fraction of sp³-hybridized carbons (Fsp3) is 0.647. The Kier molecular flexibility index (Phi) is 3.33. The number of hydrogen-bond acceptors (Lipinski definition) is 5. The highest BCUT2D eigenvalue weighted by molar-refractivity contribution is 5.39. The lowest BCUT2D eigenvalue weighted by molar-refractivity contribution is -0.237. The molecule has 0 amide bonds. The van der Waals surface area contributed by atoms with E-state index in [0.717, 1.165) is 18.4 Å². The van der Waals surface area contributed by atoms with Crippen LogP contribution in [0.2, 0.25) is 0 Å². The van der Waals surface area contributed by atoms with Crippen molar-refractivity contribution in [3.8, 4) is 0 Å². The van der Waals surface area contributed by atoms with Crippen molar-refractivity contribution in [2.24, 2.45) is 0 Å². The number of benzene rings is 1. The number of fused-ring (bicyclic) bond motifs is 2. The maximum Gasteiger partial charge on any atom is 0.186 e. The maximum absolute atomic E-state index is 10.8. The molecule has 5 heteroatoms. The van der Waals surface area contributed by atoms with Gasteiger partial charge in [0, 0.05) is 7.11 Å². The third kappa shape index (κ3) is 2.20. The molecule has 0 saturated carbocycles. The van der Waals surface area contributed by atoms with Crippen molar-refractivity contribution in [2.45, 2.75) is 63.2 Å². The van der Waals surface area contributed by atoms with E-state index in [4.69, 9.17) is 18.9 Å².